The van der Waals surface area contributed by atoms with E-state index in [4.69, 9.17) is 0 Å². The fraction of sp³-hybridized carbons (Fsp3) is 1.00. The summed E-state index contributed by atoms with van der Waals surface area (Å²) in [6, 6.07) is 0. The van der Waals surface area contributed by atoms with Crippen molar-refractivity contribution >= 4 is 0 Å². The summed E-state index contributed by atoms with van der Waals surface area (Å²) in [5, 5.41) is 6.01. The molecular formula is C8H28N2. The predicted molar refractivity (Wildman–Crippen MR) is 54.8 cm³/mol. The van der Waals surface area contributed by atoms with E-state index in [1.807, 2.05) is 14.1 Å². The third kappa shape index (κ3) is 44.5. The quantitative estimate of drug-likeness (QED) is 0.604. The molecule has 0 aromatic carbocycles. The first-order chi connectivity index (χ1) is 2.91. The van der Waals surface area contributed by atoms with Gasteiger partial charge in [0.2, 0.25) is 0 Å². The Balaban J connectivity index is -0.0000000208. The largest absolute Gasteiger partial charge is 0.318 e. The highest BCUT2D eigenvalue weighted by molar-refractivity contribution is 4.38. The molecule has 0 aromatic rings. The van der Waals surface area contributed by atoms with E-state index in [9.17, 15) is 0 Å². The molecule has 0 saturated carbocycles. The summed E-state index contributed by atoms with van der Waals surface area (Å²) in [7, 11) is 3.88. The lowest BCUT2D eigenvalue weighted by molar-refractivity contribution is 0.718. The van der Waals surface area contributed by atoms with Gasteiger partial charge in [-0.1, -0.05) is 29.7 Å². The van der Waals surface area contributed by atoms with Crippen molar-refractivity contribution in [1.29, 1.82) is 0 Å². The van der Waals surface area contributed by atoms with Gasteiger partial charge in [0.05, 0.1) is 0 Å². The number of hydrogen-bond acceptors (Lipinski definition) is 2. The molecule has 70 valence electrons. The normalized spacial score (nSPS) is 5.40. The standard InChI is InChI=1S/C4H12N2.4CH4/c1-5-3-4-6-2;;;;/h5-6H,3-4H2,1-2H3;4*1H4. The summed E-state index contributed by atoms with van der Waals surface area (Å²) in [5.74, 6) is 0. The molecular weight excluding hydrogens is 124 g/mol. The van der Waals surface area contributed by atoms with Gasteiger partial charge in [0.1, 0.15) is 0 Å². The van der Waals surface area contributed by atoms with Gasteiger partial charge in [-0.2, -0.15) is 0 Å². The van der Waals surface area contributed by atoms with Crippen LogP contribution < -0.4 is 10.6 Å². The highest BCUT2D eigenvalue weighted by atomic mass is 14.9. The Kier molecular flexibility index (Phi) is 119. The van der Waals surface area contributed by atoms with Gasteiger partial charge in [0.15, 0.2) is 0 Å². The van der Waals surface area contributed by atoms with Crippen molar-refractivity contribution in [2.75, 3.05) is 27.2 Å². The van der Waals surface area contributed by atoms with Gasteiger partial charge in [0.25, 0.3) is 0 Å². The van der Waals surface area contributed by atoms with Crippen LogP contribution in [-0.2, 0) is 0 Å². The van der Waals surface area contributed by atoms with Crippen LogP contribution in [0.25, 0.3) is 0 Å². The van der Waals surface area contributed by atoms with E-state index in [0.717, 1.165) is 13.1 Å². The zero-order valence-corrected chi connectivity index (χ0v) is 4.41. The number of likely N-dealkylation sites (N-methyl/N-ethyl adjacent to an activating group) is 2. The van der Waals surface area contributed by atoms with Crippen molar-refractivity contribution < 1.29 is 0 Å². The lowest BCUT2D eigenvalue weighted by Gasteiger charge is -1.92. The van der Waals surface area contributed by atoms with Crippen molar-refractivity contribution in [2.24, 2.45) is 0 Å². The average Bonchev–Trinajstić information content (AvgIpc) is 1.61. The Morgan fingerprint density at radius 1 is 0.700 bits per heavy atom. The molecule has 2 nitrogen and oxygen atoms in total. The van der Waals surface area contributed by atoms with Gasteiger partial charge in [-0.15, -0.1) is 0 Å². The predicted octanol–water partition coefficient (Wildman–Crippen LogP) is 1.97. The van der Waals surface area contributed by atoms with Crippen LogP contribution in [0.3, 0.4) is 0 Å². The van der Waals surface area contributed by atoms with Crippen molar-refractivity contribution in [1.82, 2.24) is 10.6 Å². The first-order valence-electron chi connectivity index (χ1n) is 2.21. The number of rotatable bonds is 3. The minimum absolute atomic E-state index is 0. The fourth-order valence-electron chi connectivity index (χ4n) is 0.250. The first-order valence-corrected chi connectivity index (χ1v) is 2.21. The van der Waals surface area contributed by atoms with Crippen molar-refractivity contribution in [3.63, 3.8) is 0 Å². The van der Waals surface area contributed by atoms with Gasteiger partial charge < -0.3 is 10.6 Å². The molecule has 2 N–H and O–H groups in total. The molecule has 0 bridgehead atoms. The van der Waals surface area contributed by atoms with E-state index in [2.05, 4.69) is 10.6 Å². The molecule has 2 heteroatoms. The highest BCUT2D eigenvalue weighted by Crippen LogP contribution is 1.45. The van der Waals surface area contributed by atoms with E-state index in [0.29, 0.717) is 0 Å². The molecule has 0 aliphatic rings. The summed E-state index contributed by atoms with van der Waals surface area (Å²) >= 11 is 0. The molecule has 0 unspecified atom stereocenters. The van der Waals surface area contributed by atoms with Crippen LogP contribution in [0, 0.1) is 0 Å². The van der Waals surface area contributed by atoms with E-state index >= 15 is 0 Å². The molecule has 0 atom stereocenters. The van der Waals surface area contributed by atoms with E-state index in [1.165, 1.54) is 0 Å². The van der Waals surface area contributed by atoms with Crippen LogP contribution in [-0.4, -0.2) is 27.2 Å². The van der Waals surface area contributed by atoms with Crippen LogP contribution in [0.2, 0.25) is 0 Å². The second-order valence-corrected chi connectivity index (χ2v) is 1.21. The van der Waals surface area contributed by atoms with Gasteiger partial charge in [-0.3, -0.25) is 0 Å². The molecule has 10 heavy (non-hydrogen) atoms. The summed E-state index contributed by atoms with van der Waals surface area (Å²) in [5.41, 5.74) is 0. The van der Waals surface area contributed by atoms with Crippen molar-refractivity contribution in [3.05, 3.63) is 0 Å². The Labute approximate surface area is 68.4 Å². The zero-order valence-electron chi connectivity index (χ0n) is 4.41. The summed E-state index contributed by atoms with van der Waals surface area (Å²) in [6.07, 6.45) is 0. The number of nitrogens with one attached hydrogen (secondary N) is 2. The molecule has 0 aromatic heterocycles. The summed E-state index contributed by atoms with van der Waals surface area (Å²) in [4.78, 5) is 0. The lowest BCUT2D eigenvalue weighted by atomic mass is 10.6. The molecule has 0 radical (unpaired) electrons. The Hall–Kier alpha value is -0.0800. The minimum atomic E-state index is 0. The van der Waals surface area contributed by atoms with Gasteiger partial charge in [-0.25, -0.2) is 0 Å². The van der Waals surface area contributed by atoms with Gasteiger partial charge in [0, 0.05) is 13.1 Å². The van der Waals surface area contributed by atoms with Crippen LogP contribution >= 0.6 is 0 Å². The second kappa shape index (κ2) is 36.4. The molecule has 0 aliphatic carbocycles. The molecule has 0 rings (SSSR count). The first kappa shape index (κ1) is 32.6. The van der Waals surface area contributed by atoms with Gasteiger partial charge >= 0.3 is 0 Å². The third-order valence-corrected chi connectivity index (χ3v) is 0.625. The topological polar surface area (TPSA) is 24.1 Å². The average molecular weight is 152 g/mol. The summed E-state index contributed by atoms with van der Waals surface area (Å²) < 4.78 is 0. The van der Waals surface area contributed by atoms with Crippen LogP contribution in [0.15, 0.2) is 0 Å². The van der Waals surface area contributed by atoms with Crippen molar-refractivity contribution in [3.8, 4) is 0 Å². The van der Waals surface area contributed by atoms with Crippen molar-refractivity contribution in [2.45, 2.75) is 29.7 Å². The monoisotopic (exact) mass is 152 g/mol. The van der Waals surface area contributed by atoms with Crippen LogP contribution in [0.5, 0.6) is 0 Å². The Morgan fingerprint density at radius 2 is 0.900 bits per heavy atom. The second-order valence-electron chi connectivity index (χ2n) is 1.21. The van der Waals surface area contributed by atoms with E-state index in [-0.39, 0.29) is 29.7 Å². The molecule has 0 saturated heterocycles. The smallest absolute Gasteiger partial charge is 0.00736 e. The molecule has 0 aliphatic heterocycles. The maximum Gasteiger partial charge on any atom is 0.00736 e. The summed E-state index contributed by atoms with van der Waals surface area (Å²) in [6.45, 7) is 2.10. The Morgan fingerprint density at radius 3 is 1.00 bits per heavy atom. The lowest BCUT2D eigenvalue weighted by Crippen LogP contribution is -2.21. The SMILES string of the molecule is C.C.C.C.CNCCNC. The molecule has 0 amide bonds. The maximum atomic E-state index is 3.01. The fourth-order valence-corrected chi connectivity index (χ4v) is 0.250. The zero-order chi connectivity index (χ0) is 4.83. The maximum absolute atomic E-state index is 3.01. The minimum Gasteiger partial charge on any atom is -0.318 e. The molecule has 0 spiro atoms. The molecule has 0 fully saturated rings. The van der Waals surface area contributed by atoms with Gasteiger partial charge in [-0.05, 0) is 14.1 Å². The van der Waals surface area contributed by atoms with E-state index in [1.54, 1.807) is 0 Å². The third-order valence-electron chi connectivity index (χ3n) is 0.625. The number of hydrogen-bond donors (Lipinski definition) is 2. The van der Waals surface area contributed by atoms with E-state index < -0.39 is 0 Å². The van der Waals surface area contributed by atoms with Crippen LogP contribution in [0.1, 0.15) is 29.7 Å². The molecule has 0 heterocycles. The Bertz CT molecular complexity index is 19.2. The highest BCUT2D eigenvalue weighted by Gasteiger charge is 1.70. The van der Waals surface area contributed by atoms with Crippen LogP contribution in [0.4, 0.5) is 0 Å².